The van der Waals surface area contributed by atoms with Crippen molar-refractivity contribution in [3.05, 3.63) is 23.8 Å². The molecule has 14 heavy (non-hydrogen) atoms. The van der Waals surface area contributed by atoms with Crippen molar-refractivity contribution >= 4 is 5.69 Å². The highest BCUT2D eigenvalue weighted by molar-refractivity contribution is 5.53. The van der Waals surface area contributed by atoms with Gasteiger partial charge in [-0.15, -0.1) is 0 Å². The Morgan fingerprint density at radius 2 is 2.14 bits per heavy atom. The van der Waals surface area contributed by atoms with Crippen molar-refractivity contribution < 1.29 is 13.5 Å². The zero-order valence-electron chi connectivity index (χ0n) is 7.81. The molecule has 0 saturated carbocycles. The van der Waals surface area contributed by atoms with Crippen molar-refractivity contribution in [2.75, 3.05) is 25.9 Å². The number of hydrogen-bond acceptors (Lipinski definition) is 3. The Kier molecular flexibility index (Phi) is 3.64. The van der Waals surface area contributed by atoms with Gasteiger partial charge in [-0.3, -0.25) is 0 Å². The van der Waals surface area contributed by atoms with Crippen LogP contribution in [0.5, 0.6) is 5.75 Å². The lowest BCUT2D eigenvalue weighted by molar-refractivity contribution is 0.298. The van der Waals surface area contributed by atoms with E-state index >= 15 is 0 Å². The molecule has 0 fully saturated rings. The van der Waals surface area contributed by atoms with Crippen LogP contribution in [0.1, 0.15) is 0 Å². The molecule has 5 heteroatoms. The number of benzene rings is 1. The van der Waals surface area contributed by atoms with E-state index in [-0.39, 0.29) is 18.0 Å². The highest BCUT2D eigenvalue weighted by Crippen LogP contribution is 2.26. The first-order valence-electron chi connectivity index (χ1n) is 4.17. The average molecular weight is 202 g/mol. The van der Waals surface area contributed by atoms with Gasteiger partial charge < -0.3 is 15.8 Å². The molecular formula is C9H12F2N2O. The van der Waals surface area contributed by atoms with Gasteiger partial charge >= 0.3 is 0 Å². The fourth-order valence-electron chi connectivity index (χ4n) is 0.949. The number of nitrogen functional groups attached to an aromatic ring is 1. The smallest absolute Gasteiger partial charge is 0.202 e. The molecule has 0 bridgehead atoms. The predicted octanol–water partition coefficient (Wildman–Crippen LogP) is 1.15. The lowest BCUT2D eigenvalue weighted by atomic mass is 10.3. The molecule has 78 valence electrons. The molecule has 1 rings (SSSR count). The molecule has 0 aliphatic heterocycles. The fraction of sp³-hybridized carbons (Fsp3) is 0.333. The SMILES string of the molecule is CNCCOc1c(N)ccc(F)c1F. The third kappa shape index (κ3) is 2.32. The minimum absolute atomic E-state index is 0.0972. The predicted molar refractivity (Wildman–Crippen MR) is 50.2 cm³/mol. The highest BCUT2D eigenvalue weighted by Gasteiger charge is 2.12. The molecule has 1 aromatic carbocycles. The van der Waals surface area contributed by atoms with Crippen LogP contribution in [0.15, 0.2) is 12.1 Å². The first-order chi connectivity index (χ1) is 6.66. The maximum Gasteiger partial charge on any atom is 0.202 e. The minimum atomic E-state index is -1.04. The van der Waals surface area contributed by atoms with Crippen LogP contribution in [0.3, 0.4) is 0 Å². The standard InChI is InChI=1S/C9H12F2N2O/c1-13-4-5-14-9-7(12)3-2-6(10)8(9)11/h2-3,13H,4-5,12H2,1H3. The molecule has 0 radical (unpaired) electrons. The first kappa shape index (κ1) is 10.7. The number of rotatable bonds is 4. The molecule has 0 atom stereocenters. The van der Waals surface area contributed by atoms with Gasteiger partial charge in [0.05, 0.1) is 5.69 Å². The quantitative estimate of drug-likeness (QED) is 0.568. The summed E-state index contributed by atoms with van der Waals surface area (Å²) in [4.78, 5) is 0. The van der Waals surface area contributed by atoms with Gasteiger partial charge in [0.1, 0.15) is 6.61 Å². The molecule has 0 aliphatic carbocycles. The van der Waals surface area contributed by atoms with Crippen molar-refractivity contribution in [3.63, 3.8) is 0 Å². The molecule has 0 aromatic heterocycles. The van der Waals surface area contributed by atoms with Gasteiger partial charge in [-0.25, -0.2) is 4.39 Å². The molecule has 1 aromatic rings. The van der Waals surface area contributed by atoms with Crippen LogP contribution in [-0.2, 0) is 0 Å². The zero-order chi connectivity index (χ0) is 10.6. The summed E-state index contributed by atoms with van der Waals surface area (Å²) < 4.78 is 30.8. The van der Waals surface area contributed by atoms with Gasteiger partial charge in [0.2, 0.25) is 5.82 Å². The van der Waals surface area contributed by atoms with E-state index in [4.69, 9.17) is 10.5 Å². The van der Waals surface area contributed by atoms with E-state index in [1.165, 1.54) is 6.07 Å². The molecule has 0 amide bonds. The van der Waals surface area contributed by atoms with Gasteiger partial charge in [-0.05, 0) is 19.2 Å². The molecule has 0 aliphatic rings. The molecule has 0 saturated heterocycles. The highest BCUT2D eigenvalue weighted by atomic mass is 19.2. The summed E-state index contributed by atoms with van der Waals surface area (Å²) in [5, 5.41) is 2.81. The molecular weight excluding hydrogens is 190 g/mol. The lowest BCUT2D eigenvalue weighted by Crippen LogP contribution is -2.17. The Hall–Kier alpha value is -1.36. The molecule has 3 N–H and O–H groups in total. The molecule has 0 unspecified atom stereocenters. The van der Waals surface area contributed by atoms with Gasteiger partial charge in [0.15, 0.2) is 11.6 Å². The number of anilines is 1. The summed E-state index contributed by atoms with van der Waals surface area (Å²) in [6, 6.07) is 2.24. The van der Waals surface area contributed by atoms with E-state index in [9.17, 15) is 8.78 Å². The van der Waals surface area contributed by atoms with Gasteiger partial charge in [0.25, 0.3) is 0 Å². The lowest BCUT2D eigenvalue weighted by Gasteiger charge is -2.09. The van der Waals surface area contributed by atoms with Crippen LogP contribution in [0.25, 0.3) is 0 Å². The number of nitrogens with one attached hydrogen (secondary N) is 1. The Morgan fingerprint density at radius 3 is 2.79 bits per heavy atom. The summed E-state index contributed by atoms with van der Waals surface area (Å²) >= 11 is 0. The molecule has 0 heterocycles. The summed E-state index contributed by atoms with van der Waals surface area (Å²) in [5.41, 5.74) is 5.52. The van der Waals surface area contributed by atoms with Crippen molar-refractivity contribution in [1.82, 2.24) is 5.32 Å². The van der Waals surface area contributed by atoms with Gasteiger partial charge in [0, 0.05) is 6.54 Å². The van der Waals surface area contributed by atoms with E-state index in [2.05, 4.69) is 5.32 Å². The van der Waals surface area contributed by atoms with E-state index in [0.29, 0.717) is 6.54 Å². The number of hydrogen-bond donors (Lipinski definition) is 2. The van der Waals surface area contributed by atoms with Gasteiger partial charge in [-0.1, -0.05) is 0 Å². The topological polar surface area (TPSA) is 47.3 Å². The Balaban J connectivity index is 2.79. The monoisotopic (exact) mass is 202 g/mol. The van der Waals surface area contributed by atoms with E-state index in [0.717, 1.165) is 6.07 Å². The van der Waals surface area contributed by atoms with Crippen LogP contribution in [0.2, 0.25) is 0 Å². The average Bonchev–Trinajstić information content (AvgIpc) is 2.18. The maximum atomic E-state index is 13.1. The second-order valence-corrected chi connectivity index (χ2v) is 2.73. The zero-order valence-corrected chi connectivity index (χ0v) is 7.81. The Bertz CT molecular complexity index is 318. The van der Waals surface area contributed by atoms with Crippen LogP contribution in [0, 0.1) is 11.6 Å². The van der Waals surface area contributed by atoms with Crippen molar-refractivity contribution in [2.45, 2.75) is 0 Å². The summed E-state index contributed by atoms with van der Waals surface area (Å²) in [7, 11) is 1.73. The largest absolute Gasteiger partial charge is 0.487 e. The van der Waals surface area contributed by atoms with Crippen LogP contribution >= 0.6 is 0 Å². The van der Waals surface area contributed by atoms with Crippen molar-refractivity contribution in [2.24, 2.45) is 0 Å². The molecule has 0 spiro atoms. The minimum Gasteiger partial charge on any atom is -0.487 e. The number of likely N-dealkylation sites (N-methyl/N-ethyl adjacent to an activating group) is 1. The second-order valence-electron chi connectivity index (χ2n) is 2.73. The van der Waals surface area contributed by atoms with Crippen LogP contribution in [-0.4, -0.2) is 20.2 Å². The Labute approximate surface area is 80.9 Å². The van der Waals surface area contributed by atoms with Gasteiger partial charge in [-0.2, -0.15) is 4.39 Å². The third-order valence-corrected chi connectivity index (χ3v) is 1.68. The first-order valence-corrected chi connectivity index (χ1v) is 4.17. The summed E-state index contributed by atoms with van der Waals surface area (Å²) in [6.45, 7) is 0.774. The second kappa shape index (κ2) is 4.76. The Morgan fingerprint density at radius 1 is 1.43 bits per heavy atom. The summed E-state index contributed by atoms with van der Waals surface area (Å²) in [5.74, 6) is -2.22. The van der Waals surface area contributed by atoms with Crippen LogP contribution in [0.4, 0.5) is 14.5 Å². The molecule has 3 nitrogen and oxygen atoms in total. The van der Waals surface area contributed by atoms with Crippen LogP contribution < -0.4 is 15.8 Å². The number of halogens is 2. The fourth-order valence-corrected chi connectivity index (χ4v) is 0.949. The normalized spacial score (nSPS) is 10.2. The van der Waals surface area contributed by atoms with Crippen molar-refractivity contribution in [3.8, 4) is 5.75 Å². The van der Waals surface area contributed by atoms with E-state index < -0.39 is 11.6 Å². The van der Waals surface area contributed by atoms with Crippen molar-refractivity contribution in [1.29, 1.82) is 0 Å². The van der Waals surface area contributed by atoms with E-state index in [1.54, 1.807) is 7.05 Å². The number of nitrogens with two attached hydrogens (primary N) is 1. The van der Waals surface area contributed by atoms with E-state index in [1.807, 2.05) is 0 Å². The third-order valence-electron chi connectivity index (χ3n) is 1.68. The summed E-state index contributed by atoms with van der Waals surface area (Å²) in [6.07, 6.45) is 0. The maximum absolute atomic E-state index is 13.1. The number of ether oxygens (including phenoxy) is 1.